The summed E-state index contributed by atoms with van der Waals surface area (Å²) in [5, 5.41) is 0. The van der Waals surface area contributed by atoms with Crippen LogP contribution in [-0.4, -0.2) is 13.1 Å². The molecule has 0 saturated carbocycles. The zero-order valence-electron chi connectivity index (χ0n) is 11.8. The number of ether oxygens (including phenoxy) is 1. The van der Waals surface area contributed by atoms with Gasteiger partial charge in [-0.15, -0.1) is 0 Å². The fourth-order valence-corrected chi connectivity index (χ4v) is 2.24. The van der Waals surface area contributed by atoms with Crippen LogP contribution in [0.2, 0.25) is 0 Å². The molecule has 0 aromatic carbocycles. The van der Waals surface area contributed by atoms with E-state index in [2.05, 4.69) is 26.0 Å². The van der Waals surface area contributed by atoms with Crippen LogP contribution in [0, 0.1) is 5.92 Å². The zero-order valence-corrected chi connectivity index (χ0v) is 11.8. The van der Waals surface area contributed by atoms with Gasteiger partial charge in [-0.1, -0.05) is 38.1 Å². The van der Waals surface area contributed by atoms with Gasteiger partial charge in [-0.3, -0.25) is 0 Å². The van der Waals surface area contributed by atoms with Gasteiger partial charge in [-0.2, -0.15) is 0 Å². The molecule has 0 amide bonds. The summed E-state index contributed by atoms with van der Waals surface area (Å²) in [4.78, 5) is 11.7. The van der Waals surface area contributed by atoms with Crippen molar-refractivity contribution in [1.82, 2.24) is 0 Å². The molecular formula is C17H20O2. The van der Waals surface area contributed by atoms with E-state index in [0.717, 1.165) is 18.4 Å². The molecule has 0 radical (unpaired) electrons. The third-order valence-corrected chi connectivity index (χ3v) is 3.38. The molecule has 0 unspecified atom stereocenters. The summed E-state index contributed by atoms with van der Waals surface area (Å²) in [5.74, 6) is 0.399. The monoisotopic (exact) mass is 256 g/mol. The molecule has 0 heterocycles. The molecule has 100 valence electrons. The average molecular weight is 256 g/mol. The van der Waals surface area contributed by atoms with Crippen molar-refractivity contribution in [3.05, 3.63) is 47.5 Å². The van der Waals surface area contributed by atoms with E-state index in [-0.39, 0.29) is 5.97 Å². The largest absolute Gasteiger partial charge is 0.465 e. The third kappa shape index (κ3) is 3.14. The quantitative estimate of drug-likeness (QED) is 0.767. The minimum atomic E-state index is -0.284. The molecule has 0 fully saturated rings. The van der Waals surface area contributed by atoms with Crippen molar-refractivity contribution < 1.29 is 9.53 Å². The van der Waals surface area contributed by atoms with Crippen molar-refractivity contribution in [3.63, 3.8) is 0 Å². The average Bonchev–Trinajstić information content (AvgIpc) is 2.64. The van der Waals surface area contributed by atoms with Gasteiger partial charge in [0.05, 0.1) is 12.7 Å². The lowest BCUT2D eigenvalue weighted by Gasteiger charge is -2.05. The standard InChI is InChI=1S/C17H20O2/c1-12(2)7-8-14-10-9-13-5-4-6-15(11-16(13)14)17(18)19-3/h4-6,9-12H,7-8H2,1-3H3. The van der Waals surface area contributed by atoms with Crippen molar-refractivity contribution in [2.75, 3.05) is 7.11 Å². The van der Waals surface area contributed by atoms with Crippen molar-refractivity contribution >= 4 is 5.97 Å². The van der Waals surface area contributed by atoms with E-state index in [1.807, 2.05) is 18.2 Å². The number of carbonyl (C=O) groups excluding carboxylic acids is 1. The predicted molar refractivity (Wildman–Crippen MR) is 77.6 cm³/mol. The van der Waals surface area contributed by atoms with Crippen LogP contribution in [0.3, 0.4) is 0 Å². The first-order chi connectivity index (χ1) is 9.11. The van der Waals surface area contributed by atoms with Crippen LogP contribution in [0.15, 0.2) is 36.4 Å². The first kappa shape index (κ1) is 13.6. The van der Waals surface area contributed by atoms with Crippen molar-refractivity contribution in [3.8, 4) is 11.1 Å². The minimum absolute atomic E-state index is 0.284. The maximum absolute atomic E-state index is 11.7. The summed E-state index contributed by atoms with van der Waals surface area (Å²) in [6, 6.07) is 12.0. The van der Waals surface area contributed by atoms with Gasteiger partial charge in [0.15, 0.2) is 0 Å². The summed E-state index contributed by atoms with van der Waals surface area (Å²) >= 11 is 0. The predicted octanol–water partition coefficient (Wildman–Crippen LogP) is 4.17. The molecule has 0 bridgehead atoms. The second-order valence-electron chi connectivity index (χ2n) is 5.28. The maximum Gasteiger partial charge on any atom is 0.337 e. The van der Waals surface area contributed by atoms with Crippen molar-refractivity contribution in [2.24, 2.45) is 5.92 Å². The Labute approximate surface area is 114 Å². The Morgan fingerprint density at radius 1 is 1.21 bits per heavy atom. The molecular weight excluding hydrogens is 236 g/mol. The van der Waals surface area contributed by atoms with Gasteiger partial charge in [0.25, 0.3) is 0 Å². The first-order valence-electron chi connectivity index (χ1n) is 6.72. The summed E-state index contributed by atoms with van der Waals surface area (Å²) < 4.78 is 4.80. The molecule has 0 atom stereocenters. The lowest BCUT2D eigenvalue weighted by Crippen LogP contribution is -1.99. The van der Waals surface area contributed by atoms with E-state index in [9.17, 15) is 4.79 Å². The maximum atomic E-state index is 11.7. The van der Waals surface area contributed by atoms with E-state index in [4.69, 9.17) is 4.74 Å². The molecule has 0 saturated heterocycles. The minimum Gasteiger partial charge on any atom is -0.465 e. The lowest BCUT2D eigenvalue weighted by atomic mass is 10.0. The van der Waals surface area contributed by atoms with E-state index >= 15 is 0 Å². The number of methoxy groups -OCH3 is 1. The summed E-state index contributed by atoms with van der Waals surface area (Å²) in [5.41, 5.74) is 4.25. The highest BCUT2D eigenvalue weighted by Crippen LogP contribution is 2.29. The Morgan fingerprint density at radius 2 is 2.00 bits per heavy atom. The lowest BCUT2D eigenvalue weighted by molar-refractivity contribution is 0.0601. The van der Waals surface area contributed by atoms with Crippen molar-refractivity contribution in [1.29, 1.82) is 0 Å². The second kappa shape index (κ2) is 5.87. The highest BCUT2D eigenvalue weighted by Gasteiger charge is 2.12. The van der Waals surface area contributed by atoms with Crippen LogP contribution in [0.4, 0.5) is 0 Å². The molecule has 0 aliphatic heterocycles. The van der Waals surface area contributed by atoms with Crippen LogP contribution >= 0.6 is 0 Å². The molecule has 0 aromatic rings. The van der Waals surface area contributed by atoms with Gasteiger partial charge in [0, 0.05) is 0 Å². The second-order valence-corrected chi connectivity index (χ2v) is 5.28. The van der Waals surface area contributed by atoms with Crippen LogP contribution < -0.4 is 0 Å². The number of hydrogen-bond donors (Lipinski definition) is 0. The van der Waals surface area contributed by atoms with Gasteiger partial charge in [-0.25, -0.2) is 4.79 Å². The van der Waals surface area contributed by atoms with Gasteiger partial charge in [-0.05, 0) is 47.6 Å². The van der Waals surface area contributed by atoms with Gasteiger partial charge >= 0.3 is 5.97 Å². The van der Waals surface area contributed by atoms with Crippen LogP contribution in [0.25, 0.3) is 11.1 Å². The summed E-state index contributed by atoms with van der Waals surface area (Å²) in [6.45, 7) is 4.45. The number of esters is 1. The smallest absolute Gasteiger partial charge is 0.337 e. The summed E-state index contributed by atoms with van der Waals surface area (Å²) in [7, 11) is 1.41. The molecule has 2 aliphatic carbocycles. The van der Waals surface area contributed by atoms with Crippen LogP contribution in [0.5, 0.6) is 0 Å². The highest BCUT2D eigenvalue weighted by atomic mass is 16.5. The van der Waals surface area contributed by atoms with Crippen LogP contribution in [0.1, 0.15) is 36.2 Å². The Hall–Kier alpha value is -1.83. The molecule has 2 aliphatic rings. The molecule has 2 heteroatoms. The molecule has 19 heavy (non-hydrogen) atoms. The number of fused-ring (bicyclic) bond motifs is 1. The number of rotatable bonds is 4. The molecule has 2 rings (SSSR count). The fourth-order valence-electron chi connectivity index (χ4n) is 2.24. The Balaban J connectivity index is 2.38. The first-order valence-corrected chi connectivity index (χ1v) is 6.72. The topological polar surface area (TPSA) is 26.3 Å². The Bertz CT molecular complexity index is 543. The zero-order chi connectivity index (χ0) is 13.8. The van der Waals surface area contributed by atoms with Gasteiger partial charge in [0.1, 0.15) is 0 Å². The van der Waals surface area contributed by atoms with Gasteiger partial charge < -0.3 is 4.74 Å². The Morgan fingerprint density at radius 3 is 2.68 bits per heavy atom. The molecule has 0 spiro atoms. The van der Waals surface area contributed by atoms with E-state index < -0.39 is 0 Å². The number of hydrogen-bond acceptors (Lipinski definition) is 2. The molecule has 2 nitrogen and oxygen atoms in total. The fraction of sp³-hybridized carbons (Fsp3) is 0.353. The van der Waals surface area contributed by atoms with E-state index in [1.165, 1.54) is 18.2 Å². The van der Waals surface area contributed by atoms with Gasteiger partial charge in [0.2, 0.25) is 0 Å². The van der Waals surface area contributed by atoms with E-state index in [1.54, 1.807) is 6.07 Å². The van der Waals surface area contributed by atoms with Crippen molar-refractivity contribution in [2.45, 2.75) is 26.7 Å². The third-order valence-electron chi connectivity index (χ3n) is 3.38. The highest BCUT2D eigenvalue weighted by molar-refractivity contribution is 5.91. The normalized spacial score (nSPS) is 10.9. The number of aryl methyl sites for hydroxylation is 1. The van der Waals surface area contributed by atoms with E-state index in [0.29, 0.717) is 11.5 Å². The molecule has 0 N–H and O–H groups in total. The van der Waals surface area contributed by atoms with Crippen LogP contribution in [-0.2, 0) is 11.2 Å². The Kier molecular flexibility index (Phi) is 4.20. The molecule has 0 aromatic heterocycles. The summed E-state index contributed by atoms with van der Waals surface area (Å²) in [6.07, 6.45) is 2.21. The SMILES string of the molecule is COC(=O)c1cccc2ccc(CCC(C)C)c-2c1. The number of carbonyl (C=O) groups is 1.